The van der Waals surface area contributed by atoms with Crippen molar-refractivity contribution in [2.75, 3.05) is 19.7 Å². The summed E-state index contributed by atoms with van der Waals surface area (Å²) in [4.78, 5) is 14.4. The van der Waals surface area contributed by atoms with E-state index in [-0.39, 0.29) is 12.0 Å². The average Bonchev–Trinajstić information content (AvgIpc) is 2.88. The van der Waals surface area contributed by atoms with Crippen LogP contribution in [0.25, 0.3) is 0 Å². The first kappa shape index (κ1) is 16.0. The van der Waals surface area contributed by atoms with Crippen LogP contribution in [-0.4, -0.2) is 46.4 Å². The molecular weight excluding hydrogens is 314 g/mol. The molecule has 1 atom stereocenters. The highest BCUT2D eigenvalue weighted by Gasteiger charge is 2.27. The first-order valence-electron chi connectivity index (χ1n) is 7.69. The second-order valence-electron chi connectivity index (χ2n) is 5.83. The molecule has 0 radical (unpaired) electrons. The number of nitrogens with zero attached hydrogens (tertiary/aromatic N) is 3. The summed E-state index contributed by atoms with van der Waals surface area (Å²) in [5, 5.41) is 5.01. The van der Waals surface area contributed by atoms with Gasteiger partial charge in [-0.15, -0.1) is 0 Å². The molecule has 0 spiro atoms. The maximum Gasteiger partial charge on any atom is 0.274 e. The molecule has 0 bridgehead atoms. The van der Waals surface area contributed by atoms with Crippen LogP contribution >= 0.6 is 11.6 Å². The third kappa shape index (κ3) is 3.57. The van der Waals surface area contributed by atoms with Gasteiger partial charge in [0.05, 0.1) is 12.7 Å². The van der Waals surface area contributed by atoms with Crippen molar-refractivity contribution in [3.05, 3.63) is 52.3 Å². The topological polar surface area (TPSA) is 47.4 Å². The Morgan fingerprint density at radius 2 is 2.22 bits per heavy atom. The van der Waals surface area contributed by atoms with Crippen molar-refractivity contribution in [3.8, 4) is 0 Å². The van der Waals surface area contributed by atoms with E-state index in [2.05, 4.69) is 5.10 Å². The van der Waals surface area contributed by atoms with Crippen LogP contribution in [0.3, 0.4) is 0 Å². The number of benzene rings is 1. The lowest BCUT2D eigenvalue weighted by molar-refractivity contribution is -0.0210. The van der Waals surface area contributed by atoms with Crippen molar-refractivity contribution < 1.29 is 9.53 Å². The highest BCUT2D eigenvalue weighted by molar-refractivity contribution is 6.31. The lowest BCUT2D eigenvalue weighted by Gasteiger charge is -2.32. The molecule has 1 aromatic heterocycles. The predicted molar refractivity (Wildman–Crippen MR) is 88.7 cm³/mol. The highest BCUT2D eigenvalue weighted by Crippen LogP contribution is 2.20. The van der Waals surface area contributed by atoms with Crippen molar-refractivity contribution in [3.63, 3.8) is 0 Å². The van der Waals surface area contributed by atoms with E-state index < -0.39 is 0 Å². The monoisotopic (exact) mass is 333 g/mol. The second kappa shape index (κ2) is 6.72. The number of rotatable bonds is 3. The third-order valence-electron chi connectivity index (χ3n) is 4.16. The Labute approximate surface area is 140 Å². The van der Waals surface area contributed by atoms with Crippen molar-refractivity contribution >= 4 is 17.5 Å². The van der Waals surface area contributed by atoms with E-state index in [4.69, 9.17) is 16.3 Å². The number of halogens is 1. The Balaban J connectivity index is 1.68. The van der Waals surface area contributed by atoms with Gasteiger partial charge >= 0.3 is 0 Å². The zero-order valence-corrected chi connectivity index (χ0v) is 14.1. The van der Waals surface area contributed by atoms with Gasteiger partial charge in [-0.2, -0.15) is 5.10 Å². The van der Waals surface area contributed by atoms with Crippen LogP contribution in [0.15, 0.2) is 30.3 Å². The standard InChI is InChI=1S/C17H20ClN3O2/c1-12-9-16(19-20(12)2)17(22)21-7-8-23-14(11-21)10-13-5-3-4-6-15(13)18/h3-6,9,14H,7-8,10-11H2,1-2H3. The Kier molecular flexibility index (Phi) is 4.68. The van der Waals surface area contributed by atoms with Crippen LogP contribution in [0, 0.1) is 6.92 Å². The van der Waals surface area contributed by atoms with E-state index >= 15 is 0 Å². The number of ether oxygens (including phenoxy) is 1. The number of hydrogen-bond donors (Lipinski definition) is 0. The summed E-state index contributed by atoms with van der Waals surface area (Å²) in [5.74, 6) is -0.0406. The molecule has 2 heterocycles. The van der Waals surface area contributed by atoms with Gasteiger partial charge in [0.25, 0.3) is 5.91 Å². The largest absolute Gasteiger partial charge is 0.374 e. The van der Waals surface area contributed by atoms with Crippen molar-refractivity contribution in [1.82, 2.24) is 14.7 Å². The summed E-state index contributed by atoms with van der Waals surface area (Å²) in [6.07, 6.45) is 0.655. The zero-order valence-electron chi connectivity index (χ0n) is 13.3. The molecule has 3 rings (SSSR count). The van der Waals surface area contributed by atoms with Crippen LogP contribution in [0.5, 0.6) is 0 Å². The first-order valence-corrected chi connectivity index (χ1v) is 8.07. The Hall–Kier alpha value is -1.85. The number of carbonyl (C=O) groups is 1. The van der Waals surface area contributed by atoms with Crippen molar-refractivity contribution in [2.24, 2.45) is 7.05 Å². The molecule has 23 heavy (non-hydrogen) atoms. The van der Waals surface area contributed by atoms with Gasteiger partial charge in [-0.1, -0.05) is 29.8 Å². The van der Waals surface area contributed by atoms with E-state index in [1.807, 2.05) is 49.2 Å². The fraction of sp³-hybridized carbons (Fsp3) is 0.412. The molecule has 1 aliphatic heterocycles. The van der Waals surface area contributed by atoms with Gasteiger partial charge in [-0.25, -0.2) is 0 Å². The fourth-order valence-electron chi connectivity index (χ4n) is 2.76. The lowest BCUT2D eigenvalue weighted by atomic mass is 10.1. The minimum absolute atomic E-state index is 0.0406. The number of aromatic nitrogens is 2. The third-order valence-corrected chi connectivity index (χ3v) is 4.53. The minimum Gasteiger partial charge on any atom is -0.374 e. The van der Waals surface area contributed by atoms with Gasteiger partial charge in [0, 0.05) is 37.3 Å². The van der Waals surface area contributed by atoms with Crippen LogP contribution in [0.1, 0.15) is 21.7 Å². The van der Waals surface area contributed by atoms with Gasteiger partial charge in [0.15, 0.2) is 5.69 Å². The summed E-state index contributed by atoms with van der Waals surface area (Å²) in [6.45, 7) is 3.61. The zero-order chi connectivity index (χ0) is 16.4. The maximum absolute atomic E-state index is 12.6. The van der Waals surface area contributed by atoms with E-state index in [0.29, 0.717) is 31.8 Å². The van der Waals surface area contributed by atoms with Crippen LogP contribution in [0.2, 0.25) is 5.02 Å². The Morgan fingerprint density at radius 3 is 2.91 bits per heavy atom. The van der Waals surface area contributed by atoms with Crippen LogP contribution < -0.4 is 0 Å². The fourth-order valence-corrected chi connectivity index (χ4v) is 2.98. The van der Waals surface area contributed by atoms with E-state index in [9.17, 15) is 4.79 Å². The maximum atomic E-state index is 12.6. The number of carbonyl (C=O) groups excluding carboxylic acids is 1. The van der Waals surface area contributed by atoms with E-state index in [1.54, 1.807) is 4.68 Å². The Bertz CT molecular complexity index is 694. The molecule has 1 unspecified atom stereocenters. The molecular formula is C17H20ClN3O2. The molecule has 122 valence electrons. The molecule has 1 aromatic carbocycles. The van der Waals surface area contributed by atoms with E-state index in [1.165, 1.54) is 0 Å². The number of aryl methyl sites for hydroxylation is 2. The lowest BCUT2D eigenvalue weighted by Crippen LogP contribution is -2.46. The van der Waals surface area contributed by atoms with Gasteiger partial charge in [0.2, 0.25) is 0 Å². The summed E-state index contributed by atoms with van der Waals surface area (Å²) in [5.41, 5.74) is 2.50. The highest BCUT2D eigenvalue weighted by atomic mass is 35.5. The molecule has 1 saturated heterocycles. The van der Waals surface area contributed by atoms with Gasteiger partial charge in [-0.05, 0) is 24.6 Å². The summed E-state index contributed by atoms with van der Waals surface area (Å²) in [7, 11) is 1.84. The summed E-state index contributed by atoms with van der Waals surface area (Å²) >= 11 is 6.21. The molecule has 1 fully saturated rings. The molecule has 2 aromatic rings. The molecule has 0 aliphatic carbocycles. The quantitative estimate of drug-likeness (QED) is 0.867. The summed E-state index contributed by atoms with van der Waals surface area (Å²) < 4.78 is 7.52. The van der Waals surface area contributed by atoms with Crippen LogP contribution in [0.4, 0.5) is 0 Å². The molecule has 6 heteroatoms. The molecule has 0 N–H and O–H groups in total. The molecule has 5 nitrogen and oxygen atoms in total. The van der Waals surface area contributed by atoms with Crippen molar-refractivity contribution in [1.29, 1.82) is 0 Å². The average molecular weight is 334 g/mol. The van der Waals surface area contributed by atoms with Crippen molar-refractivity contribution in [2.45, 2.75) is 19.4 Å². The van der Waals surface area contributed by atoms with Crippen LogP contribution in [-0.2, 0) is 18.2 Å². The predicted octanol–water partition coefficient (Wildman–Crippen LogP) is 2.47. The minimum atomic E-state index is -0.0441. The van der Waals surface area contributed by atoms with E-state index in [0.717, 1.165) is 16.3 Å². The molecule has 0 saturated carbocycles. The SMILES string of the molecule is Cc1cc(C(=O)N2CCOC(Cc3ccccc3Cl)C2)nn1C. The number of morpholine rings is 1. The summed E-state index contributed by atoms with van der Waals surface area (Å²) in [6, 6.07) is 9.56. The van der Waals surface area contributed by atoms with Gasteiger partial charge in [0.1, 0.15) is 0 Å². The molecule has 1 amide bonds. The second-order valence-corrected chi connectivity index (χ2v) is 6.24. The normalized spacial score (nSPS) is 18.2. The van der Waals surface area contributed by atoms with Gasteiger partial charge in [-0.3, -0.25) is 9.48 Å². The number of hydrogen-bond acceptors (Lipinski definition) is 3. The van der Waals surface area contributed by atoms with Gasteiger partial charge < -0.3 is 9.64 Å². The Morgan fingerprint density at radius 1 is 1.43 bits per heavy atom. The molecule has 1 aliphatic rings. The number of amides is 1. The first-order chi connectivity index (χ1) is 11.0. The smallest absolute Gasteiger partial charge is 0.274 e.